The van der Waals surface area contributed by atoms with E-state index in [1.807, 2.05) is 13.0 Å². The molecule has 2 aromatic carbocycles. The fourth-order valence-corrected chi connectivity index (χ4v) is 4.36. The third-order valence-electron chi connectivity index (χ3n) is 5.81. The molecule has 1 aliphatic carbocycles. The molecule has 1 aliphatic heterocycles. The fourth-order valence-electron chi connectivity index (χ4n) is 4.36. The van der Waals surface area contributed by atoms with Crippen LogP contribution in [0.25, 0.3) is 0 Å². The summed E-state index contributed by atoms with van der Waals surface area (Å²) in [6.07, 6.45) is 1.26. The van der Waals surface area contributed by atoms with Gasteiger partial charge >= 0.3 is 0 Å². The fraction of sp³-hybridized carbons (Fsp3) is 0.429. The van der Waals surface area contributed by atoms with E-state index in [9.17, 15) is 10.1 Å². The molecule has 1 saturated heterocycles. The van der Waals surface area contributed by atoms with Gasteiger partial charge in [0.15, 0.2) is 0 Å². The van der Waals surface area contributed by atoms with Crippen molar-refractivity contribution in [3.8, 4) is 0 Å². The van der Waals surface area contributed by atoms with Crippen molar-refractivity contribution >= 4 is 11.4 Å². The van der Waals surface area contributed by atoms with E-state index in [0.717, 1.165) is 30.9 Å². The predicted molar refractivity (Wildman–Crippen MR) is 104 cm³/mol. The van der Waals surface area contributed by atoms with Gasteiger partial charge in [-0.2, -0.15) is 0 Å². The second-order valence-electron chi connectivity index (χ2n) is 7.59. The lowest BCUT2D eigenvalue weighted by atomic mass is 10.1. The number of non-ortho nitro benzene ring substituents is 1. The maximum atomic E-state index is 11.0. The molecule has 0 spiro atoms. The Labute approximate surface area is 154 Å². The molecule has 5 heteroatoms. The van der Waals surface area contributed by atoms with Crippen LogP contribution in [-0.4, -0.2) is 41.5 Å². The molecule has 0 bridgehead atoms. The van der Waals surface area contributed by atoms with Crippen molar-refractivity contribution in [1.82, 2.24) is 4.90 Å². The van der Waals surface area contributed by atoms with Gasteiger partial charge in [-0.25, -0.2) is 0 Å². The van der Waals surface area contributed by atoms with E-state index in [4.69, 9.17) is 0 Å². The summed E-state index contributed by atoms with van der Waals surface area (Å²) in [6.45, 7) is 7.29. The van der Waals surface area contributed by atoms with Gasteiger partial charge in [-0.05, 0) is 37.5 Å². The number of hydrogen-bond donors (Lipinski definition) is 0. The van der Waals surface area contributed by atoms with Crippen LogP contribution in [0.15, 0.2) is 48.5 Å². The van der Waals surface area contributed by atoms with E-state index < -0.39 is 0 Å². The summed E-state index contributed by atoms with van der Waals surface area (Å²) in [5.41, 5.74) is 3.73. The molecule has 3 atom stereocenters. The molecule has 5 nitrogen and oxygen atoms in total. The maximum Gasteiger partial charge on any atom is 0.269 e. The van der Waals surface area contributed by atoms with Gasteiger partial charge in [0, 0.05) is 55.5 Å². The van der Waals surface area contributed by atoms with Crippen LogP contribution in [0.3, 0.4) is 0 Å². The first-order valence-electron chi connectivity index (χ1n) is 9.35. The van der Waals surface area contributed by atoms with E-state index in [0.29, 0.717) is 18.0 Å². The lowest BCUT2D eigenvalue weighted by Gasteiger charge is -2.42. The molecule has 136 valence electrons. The zero-order chi connectivity index (χ0) is 18.3. The van der Waals surface area contributed by atoms with E-state index in [1.165, 1.54) is 12.0 Å². The van der Waals surface area contributed by atoms with Gasteiger partial charge in [-0.3, -0.25) is 15.0 Å². The molecule has 0 amide bonds. The standard InChI is InChI=1S/C21H25N3O2/c1-15-12-18(24(25)26)8-9-20(15)23-11-10-22(14-16(23)2)21-13-19(21)17-6-4-3-5-7-17/h3-9,12,16,19,21H,10-11,13-14H2,1-2H3. The number of rotatable bonds is 4. The molecule has 2 aromatic rings. The first-order valence-corrected chi connectivity index (χ1v) is 9.35. The summed E-state index contributed by atoms with van der Waals surface area (Å²) in [4.78, 5) is 15.7. The van der Waals surface area contributed by atoms with Crippen molar-refractivity contribution in [2.24, 2.45) is 0 Å². The van der Waals surface area contributed by atoms with Crippen molar-refractivity contribution < 1.29 is 4.92 Å². The number of nitro groups is 1. The molecule has 0 radical (unpaired) electrons. The Balaban J connectivity index is 1.42. The number of nitro benzene ring substituents is 1. The van der Waals surface area contributed by atoms with E-state index in [1.54, 1.807) is 12.1 Å². The smallest absolute Gasteiger partial charge is 0.269 e. The van der Waals surface area contributed by atoms with Crippen LogP contribution in [0, 0.1) is 17.0 Å². The van der Waals surface area contributed by atoms with Gasteiger partial charge in [0.2, 0.25) is 0 Å². The van der Waals surface area contributed by atoms with Gasteiger partial charge in [-0.15, -0.1) is 0 Å². The number of aryl methyl sites for hydroxylation is 1. The van der Waals surface area contributed by atoms with E-state index >= 15 is 0 Å². The van der Waals surface area contributed by atoms with Crippen LogP contribution < -0.4 is 4.90 Å². The lowest BCUT2D eigenvalue weighted by molar-refractivity contribution is -0.384. The number of hydrogen-bond acceptors (Lipinski definition) is 4. The van der Waals surface area contributed by atoms with Crippen LogP contribution in [0.4, 0.5) is 11.4 Å². The Morgan fingerprint density at radius 2 is 1.88 bits per heavy atom. The van der Waals surface area contributed by atoms with Crippen LogP contribution >= 0.6 is 0 Å². The average Bonchev–Trinajstić information content (AvgIpc) is 3.43. The average molecular weight is 351 g/mol. The van der Waals surface area contributed by atoms with E-state index in [-0.39, 0.29) is 10.6 Å². The minimum atomic E-state index is -0.324. The lowest BCUT2D eigenvalue weighted by Crippen LogP contribution is -2.53. The summed E-state index contributed by atoms with van der Waals surface area (Å²) < 4.78 is 0. The number of nitrogens with zero attached hydrogens (tertiary/aromatic N) is 3. The highest BCUT2D eigenvalue weighted by atomic mass is 16.6. The molecule has 2 fully saturated rings. The zero-order valence-electron chi connectivity index (χ0n) is 15.3. The SMILES string of the molecule is Cc1cc([N+](=O)[O-])ccc1N1CCN(C2CC2c2ccccc2)CC1C. The van der Waals surface area contributed by atoms with Crippen molar-refractivity contribution in [3.05, 3.63) is 69.8 Å². The van der Waals surface area contributed by atoms with Crippen molar-refractivity contribution in [2.75, 3.05) is 24.5 Å². The molecule has 1 saturated carbocycles. The normalized spacial score (nSPS) is 25.9. The van der Waals surface area contributed by atoms with Crippen LogP contribution in [0.1, 0.15) is 30.4 Å². The molecular weight excluding hydrogens is 326 g/mol. The van der Waals surface area contributed by atoms with Crippen molar-refractivity contribution in [2.45, 2.75) is 38.3 Å². The first kappa shape index (κ1) is 17.0. The quantitative estimate of drug-likeness (QED) is 0.618. The summed E-state index contributed by atoms with van der Waals surface area (Å²) in [7, 11) is 0. The monoisotopic (exact) mass is 351 g/mol. The Morgan fingerprint density at radius 1 is 1.12 bits per heavy atom. The van der Waals surface area contributed by atoms with Gasteiger partial charge < -0.3 is 4.90 Å². The third kappa shape index (κ3) is 3.19. The number of benzene rings is 2. The molecule has 4 rings (SSSR count). The topological polar surface area (TPSA) is 49.6 Å². The molecule has 2 aliphatic rings. The molecule has 3 unspecified atom stereocenters. The second kappa shape index (κ2) is 6.72. The van der Waals surface area contributed by atoms with Crippen LogP contribution in [0.5, 0.6) is 0 Å². The number of anilines is 1. The van der Waals surface area contributed by atoms with Crippen LogP contribution in [-0.2, 0) is 0 Å². The summed E-state index contributed by atoms with van der Waals surface area (Å²) in [6, 6.07) is 17.1. The Morgan fingerprint density at radius 3 is 2.54 bits per heavy atom. The predicted octanol–water partition coefficient (Wildman–Crippen LogP) is 3.97. The molecule has 26 heavy (non-hydrogen) atoms. The second-order valence-corrected chi connectivity index (χ2v) is 7.59. The van der Waals surface area contributed by atoms with Gasteiger partial charge in [0.25, 0.3) is 5.69 Å². The molecule has 0 N–H and O–H groups in total. The zero-order valence-corrected chi connectivity index (χ0v) is 15.3. The summed E-state index contributed by atoms with van der Waals surface area (Å²) >= 11 is 0. The molecule has 1 heterocycles. The van der Waals surface area contributed by atoms with Crippen molar-refractivity contribution in [3.63, 3.8) is 0 Å². The maximum absolute atomic E-state index is 11.0. The minimum absolute atomic E-state index is 0.168. The van der Waals surface area contributed by atoms with Gasteiger partial charge in [0.1, 0.15) is 0 Å². The van der Waals surface area contributed by atoms with E-state index in [2.05, 4.69) is 47.1 Å². The van der Waals surface area contributed by atoms with Crippen LogP contribution in [0.2, 0.25) is 0 Å². The highest BCUT2D eigenvalue weighted by Crippen LogP contribution is 2.45. The summed E-state index contributed by atoms with van der Waals surface area (Å²) in [5, 5.41) is 11.0. The summed E-state index contributed by atoms with van der Waals surface area (Å²) in [5.74, 6) is 0.677. The van der Waals surface area contributed by atoms with Gasteiger partial charge in [0.05, 0.1) is 4.92 Å². The first-order chi connectivity index (χ1) is 12.5. The Bertz CT molecular complexity index is 808. The largest absolute Gasteiger partial charge is 0.366 e. The molecular formula is C21H25N3O2. The highest BCUT2D eigenvalue weighted by molar-refractivity contribution is 5.58. The highest BCUT2D eigenvalue weighted by Gasteiger charge is 2.44. The molecule has 0 aromatic heterocycles. The Hall–Kier alpha value is -2.40. The Kier molecular flexibility index (Phi) is 4.41. The third-order valence-corrected chi connectivity index (χ3v) is 5.81. The number of piperazine rings is 1. The van der Waals surface area contributed by atoms with Gasteiger partial charge in [-0.1, -0.05) is 30.3 Å². The van der Waals surface area contributed by atoms with Crippen molar-refractivity contribution in [1.29, 1.82) is 0 Å². The minimum Gasteiger partial charge on any atom is -0.366 e.